The highest BCUT2D eigenvalue weighted by Gasteiger charge is 2.30. The van der Waals surface area contributed by atoms with Crippen molar-refractivity contribution in [3.8, 4) is 11.5 Å². The van der Waals surface area contributed by atoms with Crippen LogP contribution in [-0.4, -0.2) is 37.3 Å². The number of nitrogens with one attached hydrogen (secondary N) is 2. The van der Waals surface area contributed by atoms with Gasteiger partial charge >= 0.3 is 0 Å². The van der Waals surface area contributed by atoms with Crippen molar-refractivity contribution in [2.45, 2.75) is 18.9 Å². The van der Waals surface area contributed by atoms with Gasteiger partial charge in [0, 0.05) is 35.4 Å². The van der Waals surface area contributed by atoms with E-state index in [0.717, 1.165) is 42.1 Å². The van der Waals surface area contributed by atoms with Crippen LogP contribution in [0.4, 0.5) is 10.1 Å². The first kappa shape index (κ1) is 21.3. The number of nitrogens with zero attached hydrogens (tertiary/aromatic N) is 1. The summed E-state index contributed by atoms with van der Waals surface area (Å²) in [5.74, 6) is 1.28. The Kier molecular flexibility index (Phi) is 5.92. The molecule has 5 nitrogen and oxygen atoms in total. The topological polar surface area (TPSA) is 49.5 Å². The molecule has 0 spiro atoms. The van der Waals surface area contributed by atoms with Gasteiger partial charge in [-0.25, -0.2) is 4.39 Å². The smallest absolute Gasteiger partial charge is 0.161 e. The zero-order valence-electron chi connectivity index (χ0n) is 18.9. The van der Waals surface area contributed by atoms with Gasteiger partial charge in [-0.1, -0.05) is 18.2 Å². The predicted molar refractivity (Wildman–Crippen MR) is 130 cm³/mol. The molecule has 33 heavy (non-hydrogen) atoms. The number of methoxy groups -OCH3 is 2. The molecule has 0 radical (unpaired) electrons. The van der Waals surface area contributed by atoms with Crippen LogP contribution in [0.15, 0.2) is 66.9 Å². The van der Waals surface area contributed by atoms with Gasteiger partial charge in [-0.15, -0.1) is 0 Å². The van der Waals surface area contributed by atoms with Gasteiger partial charge in [-0.2, -0.15) is 0 Å². The summed E-state index contributed by atoms with van der Waals surface area (Å²) in [4.78, 5) is 5.85. The molecule has 0 fully saturated rings. The molecule has 0 saturated carbocycles. The van der Waals surface area contributed by atoms with Gasteiger partial charge in [0.15, 0.2) is 11.5 Å². The number of anilines is 1. The largest absolute Gasteiger partial charge is 0.493 e. The maximum atomic E-state index is 13.3. The molecule has 170 valence electrons. The molecule has 0 aliphatic carbocycles. The first-order valence-corrected chi connectivity index (χ1v) is 11.2. The molecule has 1 aliphatic rings. The molecule has 3 aromatic carbocycles. The van der Waals surface area contributed by atoms with Gasteiger partial charge in [0.1, 0.15) is 5.82 Å². The lowest BCUT2D eigenvalue weighted by Gasteiger charge is -2.38. The summed E-state index contributed by atoms with van der Waals surface area (Å²) in [5, 5.41) is 4.71. The molecular weight excluding hydrogens is 417 g/mol. The van der Waals surface area contributed by atoms with E-state index in [4.69, 9.17) is 9.47 Å². The van der Waals surface area contributed by atoms with E-state index in [1.165, 1.54) is 34.2 Å². The van der Waals surface area contributed by atoms with Crippen molar-refractivity contribution in [1.29, 1.82) is 0 Å². The van der Waals surface area contributed by atoms with Crippen molar-refractivity contribution in [1.82, 2.24) is 9.88 Å². The zero-order valence-corrected chi connectivity index (χ0v) is 18.9. The second kappa shape index (κ2) is 9.16. The van der Waals surface area contributed by atoms with E-state index >= 15 is 0 Å². The van der Waals surface area contributed by atoms with E-state index in [1.807, 2.05) is 0 Å². The fourth-order valence-corrected chi connectivity index (χ4v) is 4.78. The van der Waals surface area contributed by atoms with Crippen molar-refractivity contribution in [3.05, 3.63) is 89.4 Å². The summed E-state index contributed by atoms with van der Waals surface area (Å²) in [6.07, 6.45) is 3.90. The number of fused-ring (bicyclic) bond motifs is 2. The molecular formula is C27H28FN3O2. The fraction of sp³-hybridized carbons (Fsp3) is 0.259. The Hall–Kier alpha value is -3.51. The number of aromatic amines is 1. The number of halogens is 1. The van der Waals surface area contributed by atoms with Crippen LogP contribution < -0.4 is 14.8 Å². The SMILES string of the molecule is COc1cc2c(cc1OC)C(Cc1c[nH]c3ccccc13)N(CNc1ccc(F)cc1)CC2. The number of H-pyrrole nitrogens is 1. The molecule has 0 amide bonds. The minimum absolute atomic E-state index is 0.153. The van der Waals surface area contributed by atoms with Crippen molar-refractivity contribution >= 4 is 16.6 Å². The lowest BCUT2D eigenvalue weighted by Crippen LogP contribution is -2.39. The van der Waals surface area contributed by atoms with Crippen molar-refractivity contribution in [3.63, 3.8) is 0 Å². The Bertz CT molecular complexity index is 1250. The zero-order chi connectivity index (χ0) is 22.8. The third kappa shape index (κ3) is 4.26. The Labute approximate surface area is 193 Å². The highest BCUT2D eigenvalue weighted by Crippen LogP contribution is 2.40. The van der Waals surface area contributed by atoms with Crippen LogP contribution in [0.2, 0.25) is 0 Å². The van der Waals surface area contributed by atoms with E-state index in [9.17, 15) is 4.39 Å². The van der Waals surface area contributed by atoms with Crippen molar-refractivity contribution in [2.75, 3.05) is 32.7 Å². The Morgan fingerprint density at radius 3 is 2.58 bits per heavy atom. The molecule has 2 N–H and O–H groups in total. The monoisotopic (exact) mass is 445 g/mol. The lowest BCUT2D eigenvalue weighted by molar-refractivity contribution is 0.196. The average molecular weight is 446 g/mol. The molecule has 6 heteroatoms. The van der Waals surface area contributed by atoms with Crippen LogP contribution in [0.5, 0.6) is 11.5 Å². The number of ether oxygens (including phenoxy) is 2. The molecule has 2 heterocycles. The highest BCUT2D eigenvalue weighted by molar-refractivity contribution is 5.83. The maximum Gasteiger partial charge on any atom is 0.161 e. The van der Waals surface area contributed by atoms with Crippen LogP contribution in [0, 0.1) is 5.82 Å². The Morgan fingerprint density at radius 1 is 1.03 bits per heavy atom. The van der Waals surface area contributed by atoms with Crippen LogP contribution >= 0.6 is 0 Å². The van der Waals surface area contributed by atoms with E-state index in [1.54, 1.807) is 26.4 Å². The van der Waals surface area contributed by atoms with Crippen LogP contribution in [0.3, 0.4) is 0 Å². The second-order valence-corrected chi connectivity index (χ2v) is 8.39. The molecule has 1 aliphatic heterocycles. The van der Waals surface area contributed by atoms with Gasteiger partial charge in [0.2, 0.25) is 0 Å². The van der Waals surface area contributed by atoms with Crippen LogP contribution in [-0.2, 0) is 12.8 Å². The quantitative estimate of drug-likeness (QED) is 0.392. The van der Waals surface area contributed by atoms with Crippen molar-refractivity contribution < 1.29 is 13.9 Å². The van der Waals surface area contributed by atoms with E-state index in [2.05, 4.69) is 57.8 Å². The number of aromatic nitrogens is 1. The van der Waals surface area contributed by atoms with Gasteiger partial charge < -0.3 is 19.8 Å². The normalized spacial score (nSPS) is 15.9. The maximum absolute atomic E-state index is 13.3. The first-order valence-electron chi connectivity index (χ1n) is 11.2. The van der Waals surface area contributed by atoms with Gasteiger partial charge in [-0.05, 0) is 72.0 Å². The molecule has 5 rings (SSSR count). The fourth-order valence-electron chi connectivity index (χ4n) is 4.78. The molecule has 1 atom stereocenters. The highest BCUT2D eigenvalue weighted by atomic mass is 19.1. The van der Waals surface area contributed by atoms with Gasteiger partial charge in [0.25, 0.3) is 0 Å². The van der Waals surface area contributed by atoms with E-state index in [0.29, 0.717) is 6.67 Å². The first-order chi connectivity index (χ1) is 16.2. The summed E-state index contributed by atoms with van der Waals surface area (Å²) in [6.45, 7) is 1.57. The van der Waals surface area contributed by atoms with Gasteiger partial charge in [-0.3, -0.25) is 4.90 Å². The standard InChI is InChI=1S/C27H28FN3O2/c1-32-26-14-18-11-12-31(17-30-21-9-7-20(28)8-10-21)25(23(18)15-27(26)33-2)13-19-16-29-24-6-4-3-5-22(19)24/h3-10,14-16,25,29-30H,11-13,17H2,1-2H3. The van der Waals surface area contributed by atoms with E-state index in [-0.39, 0.29) is 11.9 Å². The summed E-state index contributed by atoms with van der Waals surface area (Å²) in [7, 11) is 3.35. The summed E-state index contributed by atoms with van der Waals surface area (Å²) in [5.41, 5.74) is 5.87. The van der Waals surface area contributed by atoms with Gasteiger partial charge in [0.05, 0.1) is 20.9 Å². The molecule has 1 unspecified atom stereocenters. The predicted octanol–water partition coefficient (Wildman–Crippen LogP) is 5.54. The molecule has 0 saturated heterocycles. The number of para-hydroxylation sites is 1. The summed E-state index contributed by atoms with van der Waals surface area (Å²) >= 11 is 0. The number of benzene rings is 3. The van der Waals surface area contributed by atoms with E-state index < -0.39 is 0 Å². The summed E-state index contributed by atoms with van der Waals surface area (Å²) in [6, 6.07) is 19.3. The molecule has 4 aromatic rings. The minimum atomic E-state index is -0.231. The molecule has 1 aromatic heterocycles. The summed E-state index contributed by atoms with van der Waals surface area (Å²) < 4.78 is 24.5. The molecule has 0 bridgehead atoms. The third-order valence-corrected chi connectivity index (χ3v) is 6.53. The number of rotatable bonds is 7. The second-order valence-electron chi connectivity index (χ2n) is 8.39. The average Bonchev–Trinajstić information content (AvgIpc) is 3.26. The Balaban J connectivity index is 1.49. The van der Waals surface area contributed by atoms with Crippen LogP contribution in [0.1, 0.15) is 22.7 Å². The minimum Gasteiger partial charge on any atom is -0.493 e. The van der Waals surface area contributed by atoms with Crippen LogP contribution in [0.25, 0.3) is 10.9 Å². The third-order valence-electron chi connectivity index (χ3n) is 6.53. The number of hydrogen-bond donors (Lipinski definition) is 2. The number of hydrogen-bond acceptors (Lipinski definition) is 4. The van der Waals surface area contributed by atoms with Crippen molar-refractivity contribution in [2.24, 2.45) is 0 Å². The Morgan fingerprint density at radius 2 is 1.79 bits per heavy atom. The lowest BCUT2D eigenvalue weighted by atomic mass is 9.88.